The fourth-order valence-corrected chi connectivity index (χ4v) is 2.22. The lowest BCUT2D eigenvalue weighted by atomic mass is 10.0. The van der Waals surface area contributed by atoms with Gasteiger partial charge in [0.1, 0.15) is 0 Å². The van der Waals surface area contributed by atoms with Crippen LogP contribution in [-0.2, 0) is 0 Å². The first kappa shape index (κ1) is 11.9. The summed E-state index contributed by atoms with van der Waals surface area (Å²) in [5.41, 5.74) is 3.66. The number of nitrogens with one attached hydrogen (secondary N) is 1. The van der Waals surface area contributed by atoms with Crippen molar-refractivity contribution in [2.45, 2.75) is 32.2 Å². The summed E-state index contributed by atoms with van der Waals surface area (Å²) in [4.78, 5) is 6.80. The van der Waals surface area contributed by atoms with E-state index in [0.717, 1.165) is 18.2 Å². The fourth-order valence-electron chi connectivity index (χ4n) is 2.22. The Morgan fingerprint density at radius 2 is 2.12 bits per heavy atom. The third kappa shape index (κ3) is 2.97. The van der Waals surface area contributed by atoms with Gasteiger partial charge in [0, 0.05) is 12.6 Å². The second-order valence-corrected chi connectivity index (χ2v) is 4.45. The Balaban J connectivity index is 2.17. The van der Waals surface area contributed by atoms with Crippen molar-refractivity contribution < 1.29 is 0 Å². The highest BCUT2D eigenvalue weighted by Gasteiger charge is 2.21. The number of nitrogens with zero attached hydrogens (tertiary/aromatic N) is 2. The molecule has 3 N–H and O–H groups in total. The number of rotatable bonds is 1. The average Bonchev–Trinajstić information content (AvgIpc) is 2.38. The molecule has 1 fully saturated rings. The van der Waals surface area contributed by atoms with Crippen molar-refractivity contribution in [2.75, 3.05) is 6.54 Å². The minimum absolute atomic E-state index is 0.502. The van der Waals surface area contributed by atoms with Crippen molar-refractivity contribution in [2.24, 2.45) is 10.8 Å². The standard InChI is InChI=1S/C13H20N4/c1-11-7-5-6-10-17(11)13(16-14)15-12-8-3-2-4-9-12/h2-4,8-9,11H,5-7,10,14H2,1H3,(H,15,16). The second kappa shape index (κ2) is 5.68. The molecule has 92 valence electrons. The third-order valence-electron chi connectivity index (χ3n) is 3.20. The quantitative estimate of drug-likeness (QED) is 0.337. The van der Waals surface area contributed by atoms with Gasteiger partial charge in [-0.05, 0) is 38.3 Å². The van der Waals surface area contributed by atoms with Crippen LogP contribution in [0.4, 0.5) is 5.69 Å². The van der Waals surface area contributed by atoms with Crippen LogP contribution in [0.5, 0.6) is 0 Å². The van der Waals surface area contributed by atoms with Crippen LogP contribution in [0.3, 0.4) is 0 Å². The van der Waals surface area contributed by atoms with Crippen molar-refractivity contribution in [3.8, 4) is 0 Å². The monoisotopic (exact) mass is 232 g/mol. The Kier molecular flexibility index (Phi) is 3.98. The van der Waals surface area contributed by atoms with Gasteiger partial charge in [-0.1, -0.05) is 18.2 Å². The topological polar surface area (TPSA) is 53.6 Å². The van der Waals surface area contributed by atoms with Crippen LogP contribution in [-0.4, -0.2) is 23.4 Å². The molecule has 1 heterocycles. The molecular weight excluding hydrogens is 212 g/mol. The number of guanidine groups is 1. The highest BCUT2D eigenvalue weighted by molar-refractivity contribution is 5.82. The summed E-state index contributed by atoms with van der Waals surface area (Å²) in [7, 11) is 0. The van der Waals surface area contributed by atoms with E-state index >= 15 is 0 Å². The predicted octanol–water partition coefficient (Wildman–Crippen LogP) is 2.01. The van der Waals surface area contributed by atoms with Gasteiger partial charge in [0.25, 0.3) is 0 Å². The first-order valence-corrected chi connectivity index (χ1v) is 6.18. The molecule has 0 aromatic heterocycles. The lowest BCUT2D eigenvalue weighted by molar-refractivity contribution is 0.251. The van der Waals surface area contributed by atoms with E-state index in [0.29, 0.717) is 6.04 Å². The number of aliphatic imine (C=N–C) groups is 1. The van der Waals surface area contributed by atoms with Gasteiger partial charge in [-0.2, -0.15) is 0 Å². The zero-order valence-corrected chi connectivity index (χ0v) is 10.3. The van der Waals surface area contributed by atoms with E-state index in [1.54, 1.807) is 0 Å². The lowest BCUT2D eigenvalue weighted by Crippen LogP contribution is -2.50. The minimum atomic E-state index is 0.502. The molecule has 0 amide bonds. The van der Waals surface area contributed by atoms with Gasteiger partial charge < -0.3 is 4.90 Å². The zero-order valence-electron chi connectivity index (χ0n) is 10.3. The van der Waals surface area contributed by atoms with Crippen LogP contribution in [0, 0.1) is 0 Å². The van der Waals surface area contributed by atoms with E-state index in [4.69, 9.17) is 5.84 Å². The molecule has 1 aliphatic rings. The molecule has 0 spiro atoms. The summed E-state index contributed by atoms with van der Waals surface area (Å²) in [5, 5.41) is 0. The molecule has 1 unspecified atom stereocenters. The largest absolute Gasteiger partial charge is 0.339 e. The zero-order chi connectivity index (χ0) is 12.1. The van der Waals surface area contributed by atoms with Gasteiger partial charge in [-0.15, -0.1) is 0 Å². The van der Waals surface area contributed by atoms with Gasteiger partial charge >= 0.3 is 0 Å². The van der Waals surface area contributed by atoms with Crippen LogP contribution in [0.15, 0.2) is 35.3 Å². The number of hydrazine groups is 1. The number of para-hydroxylation sites is 1. The number of hydrogen-bond donors (Lipinski definition) is 2. The Hall–Kier alpha value is -1.55. The number of hydrogen-bond acceptors (Lipinski definition) is 2. The molecule has 4 heteroatoms. The highest BCUT2D eigenvalue weighted by atomic mass is 15.4. The first-order valence-electron chi connectivity index (χ1n) is 6.18. The van der Waals surface area contributed by atoms with E-state index in [2.05, 4.69) is 22.2 Å². The predicted molar refractivity (Wildman–Crippen MR) is 70.9 cm³/mol. The lowest BCUT2D eigenvalue weighted by Gasteiger charge is -2.35. The van der Waals surface area contributed by atoms with Crippen molar-refractivity contribution in [1.82, 2.24) is 10.3 Å². The third-order valence-corrected chi connectivity index (χ3v) is 3.20. The number of nitrogens with two attached hydrogens (primary N) is 1. The van der Waals surface area contributed by atoms with Gasteiger partial charge in [-0.3, -0.25) is 5.43 Å². The summed E-state index contributed by atoms with van der Waals surface area (Å²) in [6, 6.07) is 10.4. The van der Waals surface area contributed by atoms with E-state index in [1.165, 1.54) is 19.3 Å². The van der Waals surface area contributed by atoms with E-state index in [9.17, 15) is 0 Å². The van der Waals surface area contributed by atoms with Crippen LogP contribution in [0.2, 0.25) is 0 Å². The van der Waals surface area contributed by atoms with Gasteiger partial charge in [0.2, 0.25) is 5.96 Å². The SMILES string of the molecule is CC1CCCCN1C(=Nc1ccccc1)NN. The minimum Gasteiger partial charge on any atom is -0.339 e. The maximum absolute atomic E-state index is 5.59. The molecule has 1 aromatic rings. The molecule has 1 atom stereocenters. The van der Waals surface area contributed by atoms with Crippen LogP contribution >= 0.6 is 0 Å². The molecule has 1 aliphatic heterocycles. The molecule has 0 saturated carbocycles. The van der Waals surface area contributed by atoms with Crippen molar-refractivity contribution >= 4 is 11.6 Å². The molecule has 0 aliphatic carbocycles. The van der Waals surface area contributed by atoms with Crippen molar-refractivity contribution in [3.63, 3.8) is 0 Å². The summed E-state index contributed by atoms with van der Waals surface area (Å²) in [6.07, 6.45) is 3.70. The van der Waals surface area contributed by atoms with E-state index in [-0.39, 0.29) is 0 Å². The first-order chi connectivity index (χ1) is 8.31. The Labute approximate surface area is 102 Å². The number of benzene rings is 1. The Morgan fingerprint density at radius 1 is 1.35 bits per heavy atom. The highest BCUT2D eigenvalue weighted by Crippen LogP contribution is 2.18. The van der Waals surface area contributed by atoms with Crippen LogP contribution < -0.4 is 11.3 Å². The van der Waals surface area contributed by atoms with E-state index in [1.807, 2.05) is 30.3 Å². The van der Waals surface area contributed by atoms with E-state index < -0.39 is 0 Å². The maximum atomic E-state index is 5.59. The fraction of sp³-hybridized carbons (Fsp3) is 0.462. The molecule has 2 rings (SSSR count). The molecule has 0 bridgehead atoms. The summed E-state index contributed by atoms with van der Waals surface area (Å²) in [6.45, 7) is 3.24. The molecule has 4 nitrogen and oxygen atoms in total. The summed E-state index contributed by atoms with van der Waals surface area (Å²) >= 11 is 0. The Bertz CT molecular complexity index is 374. The maximum Gasteiger partial charge on any atom is 0.213 e. The molecule has 1 saturated heterocycles. The molecule has 1 aromatic carbocycles. The van der Waals surface area contributed by atoms with Crippen molar-refractivity contribution in [3.05, 3.63) is 30.3 Å². The normalized spacial score (nSPS) is 21.4. The van der Waals surface area contributed by atoms with Crippen molar-refractivity contribution in [1.29, 1.82) is 0 Å². The van der Waals surface area contributed by atoms with Gasteiger partial charge in [0.15, 0.2) is 0 Å². The Morgan fingerprint density at radius 3 is 2.76 bits per heavy atom. The van der Waals surface area contributed by atoms with Crippen LogP contribution in [0.1, 0.15) is 26.2 Å². The number of likely N-dealkylation sites (tertiary alicyclic amines) is 1. The molecular formula is C13H20N4. The molecule has 17 heavy (non-hydrogen) atoms. The number of piperidine rings is 1. The smallest absolute Gasteiger partial charge is 0.213 e. The summed E-state index contributed by atoms with van der Waals surface area (Å²) in [5.74, 6) is 6.36. The second-order valence-electron chi connectivity index (χ2n) is 4.45. The van der Waals surface area contributed by atoms with Gasteiger partial charge in [-0.25, -0.2) is 10.8 Å². The van der Waals surface area contributed by atoms with Gasteiger partial charge in [0.05, 0.1) is 5.69 Å². The molecule has 0 radical (unpaired) electrons. The van der Waals surface area contributed by atoms with Crippen LogP contribution in [0.25, 0.3) is 0 Å². The average molecular weight is 232 g/mol. The summed E-state index contributed by atoms with van der Waals surface area (Å²) < 4.78 is 0.